The van der Waals surface area contributed by atoms with E-state index < -0.39 is 0 Å². The van der Waals surface area contributed by atoms with Gasteiger partial charge in [0, 0.05) is 12.1 Å². The van der Waals surface area contributed by atoms with Crippen LogP contribution in [0, 0.1) is 17.2 Å². The van der Waals surface area contributed by atoms with E-state index in [-0.39, 0.29) is 21.8 Å². The van der Waals surface area contributed by atoms with Crippen LogP contribution in [0.15, 0.2) is 18.2 Å². The molecule has 0 aliphatic carbocycles. The van der Waals surface area contributed by atoms with Crippen LogP contribution in [0.5, 0.6) is 0 Å². The first-order chi connectivity index (χ1) is 9.03. The molecule has 1 atom stereocenters. The van der Waals surface area contributed by atoms with Gasteiger partial charge in [-0.2, -0.15) is 0 Å². The molecule has 20 heavy (non-hydrogen) atoms. The van der Waals surface area contributed by atoms with Gasteiger partial charge in [0.15, 0.2) is 0 Å². The maximum atomic E-state index is 13.6. The Balaban J connectivity index is 2.88. The first kappa shape index (κ1) is 17.5. The third-order valence-corrected chi connectivity index (χ3v) is 4.31. The first-order valence-electron chi connectivity index (χ1n) is 7.22. The van der Waals surface area contributed by atoms with Crippen molar-refractivity contribution in [1.82, 2.24) is 5.32 Å². The minimum absolute atomic E-state index is 0.0769. The van der Waals surface area contributed by atoms with Crippen LogP contribution in [0.1, 0.15) is 47.1 Å². The van der Waals surface area contributed by atoms with E-state index in [1.54, 1.807) is 12.1 Å². The van der Waals surface area contributed by atoms with Crippen LogP contribution in [-0.2, 0) is 6.42 Å². The maximum absolute atomic E-state index is 13.6. The summed E-state index contributed by atoms with van der Waals surface area (Å²) in [5, 5.41) is 3.76. The predicted molar refractivity (Wildman–Crippen MR) is 85.8 cm³/mol. The molecule has 1 nitrogen and oxygen atoms in total. The Bertz CT molecular complexity index is 451. The number of hydrogen-bond acceptors (Lipinski definition) is 1. The van der Waals surface area contributed by atoms with E-state index in [9.17, 15) is 4.39 Å². The van der Waals surface area contributed by atoms with Crippen molar-refractivity contribution in [2.75, 3.05) is 6.54 Å². The number of rotatable bonds is 5. The van der Waals surface area contributed by atoms with Crippen molar-refractivity contribution in [2.24, 2.45) is 11.3 Å². The minimum Gasteiger partial charge on any atom is -0.312 e. The summed E-state index contributed by atoms with van der Waals surface area (Å²) in [4.78, 5) is 0. The first-order valence-corrected chi connectivity index (χ1v) is 7.60. The Morgan fingerprint density at radius 1 is 1.20 bits per heavy atom. The van der Waals surface area contributed by atoms with Crippen LogP contribution < -0.4 is 5.32 Å². The summed E-state index contributed by atoms with van der Waals surface area (Å²) in [5.74, 6) is 0.162. The molecule has 1 unspecified atom stereocenters. The second-order valence-electron chi connectivity index (χ2n) is 7.34. The lowest BCUT2D eigenvalue weighted by Crippen LogP contribution is -2.45. The fourth-order valence-electron chi connectivity index (χ4n) is 2.05. The highest BCUT2D eigenvalue weighted by molar-refractivity contribution is 6.30. The second kappa shape index (κ2) is 6.44. The Morgan fingerprint density at radius 2 is 1.80 bits per heavy atom. The second-order valence-corrected chi connectivity index (χ2v) is 7.74. The summed E-state index contributed by atoms with van der Waals surface area (Å²) in [6.07, 6.45) is 0.835. The van der Waals surface area contributed by atoms with Crippen LogP contribution in [0.25, 0.3) is 0 Å². The summed E-state index contributed by atoms with van der Waals surface area (Å²) in [6, 6.07) is 5.12. The molecule has 1 N–H and O–H groups in total. The molecule has 0 bridgehead atoms. The topological polar surface area (TPSA) is 12.0 Å². The molecule has 0 spiro atoms. The van der Waals surface area contributed by atoms with E-state index in [0.717, 1.165) is 18.5 Å². The van der Waals surface area contributed by atoms with Crippen LogP contribution in [0.3, 0.4) is 0 Å². The molecule has 0 saturated carbocycles. The van der Waals surface area contributed by atoms with Gasteiger partial charge in [-0.15, -0.1) is 0 Å². The van der Waals surface area contributed by atoms with Gasteiger partial charge in [0.1, 0.15) is 5.82 Å². The molecule has 0 amide bonds. The molecule has 1 rings (SSSR count). The van der Waals surface area contributed by atoms with Gasteiger partial charge >= 0.3 is 0 Å². The zero-order valence-corrected chi connectivity index (χ0v) is 14.2. The smallest absolute Gasteiger partial charge is 0.142 e. The normalized spacial score (nSPS) is 15.4. The van der Waals surface area contributed by atoms with Gasteiger partial charge in [0.2, 0.25) is 0 Å². The fourth-order valence-corrected chi connectivity index (χ4v) is 2.17. The lowest BCUT2D eigenvalue weighted by molar-refractivity contribution is 0.187. The third-order valence-electron chi connectivity index (χ3n) is 4.01. The van der Waals surface area contributed by atoms with Gasteiger partial charge in [0.05, 0.1) is 5.02 Å². The van der Waals surface area contributed by atoms with Gasteiger partial charge < -0.3 is 5.32 Å². The van der Waals surface area contributed by atoms with E-state index in [1.165, 1.54) is 0 Å². The van der Waals surface area contributed by atoms with Crippen molar-refractivity contribution in [3.05, 3.63) is 34.6 Å². The average molecular weight is 300 g/mol. The van der Waals surface area contributed by atoms with Crippen LogP contribution in [0.4, 0.5) is 4.39 Å². The Hall–Kier alpha value is -0.600. The van der Waals surface area contributed by atoms with Gasteiger partial charge in [-0.05, 0) is 56.2 Å². The lowest BCUT2D eigenvalue weighted by Gasteiger charge is -2.37. The van der Waals surface area contributed by atoms with Crippen molar-refractivity contribution in [3.8, 4) is 0 Å². The SMILES string of the molecule is CC(C)C(C)(CNC(C)(C)C)Cc1ccc(Cl)c(F)c1. The minimum atomic E-state index is -0.334. The monoisotopic (exact) mass is 299 g/mol. The maximum Gasteiger partial charge on any atom is 0.142 e. The summed E-state index contributed by atoms with van der Waals surface area (Å²) >= 11 is 5.75. The van der Waals surface area contributed by atoms with Crippen molar-refractivity contribution in [1.29, 1.82) is 0 Å². The zero-order valence-electron chi connectivity index (χ0n) is 13.5. The molecule has 0 radical (unpaired) electrons. The van der Waals surface area contributed by atoms with Crippen LogP contribution in [-0.4, -0.2) is 12.1 Å². The standard InChI is InChI=1S/C17H27ClFN/c1-12(2)17(6,11-20-16(3,4)5)10-13-7-8-14(18)15(19)9-13/h7-9,12,20H,10-11H2,1-6H3. The van der Waals surface area contributed by atoms with E-state index >= 15 is 0 Å². The van der Waals surface area contributed by atoms with Gasteiger partial charge in [0.25, 0.3) is 0 Å². The molecule has 0 aliphatic heterocycles. The predicted octanol–water partition coefficient (Wildman–Crippen LogP) is 5.07. The molecule has 0 aliphatic rings. The number of hydrogen-bond donors (Lipinski definition) is 1. The Morgan fingerprint density at radius 3 is 2.25 bits per heavy atom. The summed E-state index contributed by atoms with van der Waals surface area (Å²) in [5.41, 5.74) is 1.16. The quantitative estimate of drug-likeness (QED) is 0.800. The van der Waals surface area contributed by atoms with Gasteiger partial charge in [-0.1, -0.05) is 38.4 Å². The van der Waals surface area contributed by atoms with Crippen molar-refractivity contribution >= 4 is 11.6 Å². The number of halogens is 2. The summed E-state index contributed by atoms with van der Waals surface area (Å²) in [7, 11) is 0. The van der Waals surface area contributed by atoms with E-state index in [1.807, 2.05) is 6.07 Å². The van der Waals surface area contributed by atoms with Gasteiger partial charge in [-0.25, -0.2) is 4.39 Å². The highest BCUT2D eigenvalue weighted by Crippen LogP contribution is 2.32. The molecular weight excluding hydrogens is 273 g/mol. The molecule has 1 aromatic carbocycles. The highest BCUT2D eigenvalue weighted by Gasteiger charge is 2.30. The van der Waals surface area contributed by atoms with Gasteiger partial charge in [-0.3, -0.25) is 0 Å². The van der Waals surface area contributed by atoms with Crippen LogP contribution in [0.2, 0.25) is 5.02 Å². The molecule has 0 fully saturated rings. The van der Waals surface area contributed by atoms with E-state index in [2.05, 4.69) is 46.9 Å². The molecule has 0 heterocycles. The van der Waals surface area contributed by atoms with Crippen molar-refractivity contribution < 1.29 is 4.39 Å². The molecule has 0 aromatic heterocycles. The van der Waals surface area contributed by atoms with E-state index in [4.69, 9.17) is 11.6 Å². The Kier molecular flexibility index (Phi) is 5.62. The largest absolute Gasteiger partial charge is 0.312 e. The highest BCUT2D eigenvalue weighted by atomic mass is 35.5. The lowest BCUT2D eigenvalue weighted by atomic mass is 9.74. The molecule has 0 saturated heterocycles. The number of benzene rings is 1. The molecule has 114 valence electrons. The molecule has 3 heteroatoms. The number of nitrogens with one attached hydrogen (secondary N) is 1. The summed E-state index contributed by atoms with van der Waals surface area (Å²) in [6.45, 7) is 14.1. The van der Waals surface area contributed by atoms with Crippen molar-refractivity contribution in [3.63, 3.8) is 0 Å². The van der Waals surface area contributed by atoms with Crippen LogP contribution >= 0.6 is 11.6 Å². The third kappa shape index (κ3) is 5.06. The fraction of sp³-hybridized carbons (Fsp3) is 0.647. The summed E-state index contributed by atoms with van der Waals surface area (Å²) < 4.78 is 13.6. The zero-order chi connectivity index (χ0) is 15.6. The van der Waals surface area contributed by atoms with E-state index in [0.29, 0.717) is 5.92 Å². The van der Waals surface area contributed by atoms with Crippen molar-refractivity contribution in [2.45, 2.75) is 53.5 Å². The Labute approximate surface area is 127 Å². The average Bonchev–Trinajstić information content (AvgIpc) is 2.30. The molecular formula is C17H27ClFN. The molecule has 1 aromatic rings.